The number of nitrogens with one attached hydrogen (secondary N) is 1. The van der Waals surface area contributed by atoms with Gasteiger partial charge in [0.05, 0.1) is 22.4 Å². The fourth-order valence-electron chi connectivity index (χ4n) is 3.12. The van der Waals surface area contributed by atoms with Gasteiger partial charge in [-0.3, -0.25) is 4.68 Å². The van der Waals surface area contributed by atoms with E-state index in [0.717, 1.165) is 23.9 Å². The maximum atomic E-state index is 4.46. The lowest BCUT2D eigenvalue weighted by atomic mass is 9.81. The Labute approximate surface area is 125 Å². The van der Waals surface area contributed by atoms with Gasteiger partial charge in [0.25, 0.3) is 0 Å². The van der Waals surface area contributed by atoms with E-state index in [-0.39, 0.29) is 11.6 Å². The van der Waals surface area contributed by atoms with Crippen LogP contribution in [0.1, 0.15) is 45.3 Å². The first kappa shape index (κ1) is 16.7. The quantitative estimate of drug-likeness (QED) is 0.834. The fourth-order valence-corrected chi connectivity index (χ4v) is 3.64. The number of hydrogen-bond donors (Lipinski definition) is 1. The predicted octanol–water partition coefficient (Wildman–Crippen LogP) is 3.05. The molecule has 1 rings (SSSR count). The highest BCUT2D eigenvalue weighted by atomic mass is 79.9. The Morgan fingerprint density at radius 3 is 2.32 bits per heavy atom. The number of aromatic nitrogens is 2. The van der Waals surface area contributed by atoms with Gasteiger partial charge in [0.1, 0.15) is 0 Å². The molecule has 1 N–H and O–H groups in total. The van der Waals surface area contributed by atoms with E-state index in [1.807, 2.05) is 13.2 Å². The van der Waals surface area contributed by atoms with Crippen LogP contribution >= 0.6 is 15.9 Å². The molecule has 4 nitrogen and oxygen atoms in total. The fraction of sp³-hybridized carbons (Fsp3) is 0.786. The van der Waals surface area contributed by atoms with E-state index < -0.39 is 0 Å². The van der Waals surface area contributed by atoms with Gasteiger partial charge < -0.3 is 10.2 Å². The number of aryl methyl sites for hydroxylation is 1. The number of hydrogen-bond acceptors (Lipinski definition) is 3. The van der Waals surface area contributed by atoms with Crippen LogP contribution in [-0.2, 0) is 6.54 Å². The van der Waals surface area contributed by atoms with Gasteiger partial charge in [-0.25, -0.2) is 0 Å². The summed E-state index contributed by atoms with van der Waals surface area (Å²) >= 11 is 3.66. The average molecular weight is 331 g/mol. The van der Waals surface area contributed by atoms with Crippen molar-refractivity contribution in [1.29, 1.82) is 0 Å². The molecule has 0 bridgehead atoms. The molecule has 0 aliphatic heterocycles. The second-order valence-electron chi connectivity index (χ2n) is 5.12. The molecule has 1 aromatic rings. The second kappa shape index (κ2) is 6.86. The Morgan fingerprint density at radius 1 is 1.37 bits per heavy atom. The zero-order valence-electron chi connectivity index (χ0n) is 13.0. The first-order valence-corrected chi connectivity index (χ1v) is 7.83. The first-order chi connectivity index (χ1) is 8.98. The van der Waals surface area contributed by atoms with Crippen LogP contribution in [0.5, 0.6) is 0 Å². The Bertz CT molecular complexity index is 396. The van der Waals surface area contributed by atoms with Crippen molar-refractivity contribution in [2.45, 2.75) is 51.7 Å². The van der Waals surface area contributed by atoms with Gasteiger partial charge in [0, 0.05) is 12.1 Å². The molecule has 0 amide bonds. The standard InChI is InChI=1S/C14H27BrN4/c1-7-14(8-2,18(5)6)13(16-4)12-11(15)10-17-19(12)9-3/h10,13,16H,7-9H2,1-6H3. The van der Waals surface area contributed by atoms with Crippen molar-refractivity contribution in [2.75, 3.05) is 21.1 Å². The van der Waals surface area contributed by atoms with Crippen molar-refractivity contribution in [1.82, 2.24) is 20.0 Å². The maximum Gasteiger partial charge on any atom is 0.0714 e. The molecule has 110 valence electrons. The summed E-state index contributed by atoms with van der Waals surface area (Å²) in [4.78, 5) is 2.34. The minimum atomic E-state index is 0.0875. The molecule has 0 saturated heterocycles. The lowest BCUT2D eigenvalue weighted by molar-refractivity contribution is 0.0874. The van der Waals surface area contributed by atoms with Gasteiger partial charge in [-0.1, -0.05) is 13.8 Å². The summed E-state index contributed by atoms with van der Waals surface area (Å²) in [5.41, 5.74) is 1.33. The molecule has 19 heavy (non-hydrogen) atoms. The summed E-state index contributed by atoms with van der Waals surface area (Å²) < 4.78 is 3.16. The van der Waals surface area contributed by atoms with Gasteiger partial charge >= 0.3 is 0 Å². The summed E-state index contributed by atoms with van der Waals surface area (Å²) in [7, 11) is 6.36. The number of nitrogens with zero attached hydrogens (tertiary/aromatic N) is 3. The molecule has 0 fully saturated rings. The molecule has 0 aliphatic rings. The smallest absolute Gasteiger partial charge is 0.0714 e. The lowest BCUT2D eigenvalue weighted by Crippen LogP contribution is -2.53. The van der Waals surface area contributed by atoms with E-state index >= 15 is 0 Å². The number of likely N-dealkylation sites (N-methyl/N-ethyl adjacent to an activating group) is 2. The van der Waals surface area contributed by atoms with Crippen LogP contribution in [0.25, 0.3) is 0 Å². The van der Waals surface area contributed by atoms with Gasteiger partial charge in [0.2, 0.25) is 0 Å². The Balaban J connectivity index is 3.35. The normalized spacial score (nSPS) is 14.1. The zero-order valence-corrected chi connectivity index (χ0v) is 14.6. The molecule has 1 atom stereocenters. The van der Waals surface area contributed by atoms with E-state index in [1.165, 1.54) is 5.69 Å². The van der Waals surface area contributed by atoms with Crippen molar-refractivity contribution in [3.63, 3.8) is 0 Å². The molecular formula is C14H27BrN4. The second-order valence-corrected chi connectivity index (χ2v) is 5.97. The summed E-state index contributed by atoms with van der Waals surface area (Å²) in [6.07, 6.45) is 4.07. The van der Waals surface area contributed by atoms with Crippen molar-refractivity contribution in [2.24, 2.45) is 0 Å². The van der Waals surface area contributed by atoms with Crippen LogP contribution in [0.2, 0.25) is 0 Å². The molecule has 0 saturated carbocycles. The molecule has 0 radical (unpaired) electrons. The molecule has 5 heteroatoms. The van der Waals surface area contributed by atoms with Crippen molar-refractivity contribution in [3.8, 4) is 0 Å². The van der Waals surface area contributed by atoms with E-state index in [9.17, 15) is 0 Å². The minimum Gasteiger partial charge on any atom is -0.310 e. The minimum absolute atomic E-state index is 0.0875. The monoisotopic (exact) mass is 330 g/mol. The van der Waals surface area contributed by atoms with Crippen LogP contribution in [0.4, 0.5) is 0 Å². The highest BCUT2D eigenvalue weighted by molar-refractivity contribution is 9.10. The van der Waals surface area contributed by atoms with E-state index in [1.54, 1.807) is 0 Å². The zero-order chi connectivity index (χ0) is 14.6. The Hall–Kier alpha value is -0.390. The largest absolute Gasteiger partial charge is 0.310 e. The van der Waals surface area contributed by atoms with Crippen LogP contribution in [0.15, 0.2) is 10.7 Å². The third-order valence-corrected chi connectivity index (χ3v) is 4.96. The van der Waals surface area contributed by atoms with E-state index in [4.69, 9.17) is 0 Å². The van der Waals surface area contributed by atoms with Crippen molar-refractivity contribution in [3.05, 3.63) is 16.4 Å². The van der Waals surface area contributed by atoms with Crippen LogP contribution < -0.4 is 5.32 Å². The summed E-state index contributed by atoms with van der Waals surface area (Å²) in [6.45, 7) is 7.53. The molecule has 0 aromatic carbocycles. The lowest BCUT2D eigenvalue weighted by Gasteiger charge is -2.45. The molecule has 1 aromatic heterocycles. The molecule has 0 aliphatic carbocycles. The topological polar surface area (TPSA) is 33.1 Å². The highest BCUT2D eigenvalue weighted by Gasteiger charge is 2.40. The number of rotatable bonds is 7. The summed E-state index contributed by atoms with van der Waals surface area (Å²) in [5, 5.41) is 7.97. The first-order valence-electron chi connectivity index (χ1n) is 7.04. The molecule has 1 heterocycles. The van der Waals surface area contributed by atoms with Crippen LogP contribution in [-0.4, -0.2) is 41.4 Å². The maximum absolute atomic E-state index is 4.46. The molecule has 0 spiro atoms. The van der Waals surface area contributed by atoms with Gasteiger partial charge in [0.15, 0.2) is 0 Å². The van der Waals surface area contributed by atoms with E-state index in [2.05, 4.69) is 70.8 Å². The van der Waals surface area contributed by atoms with Crippen molar-refractivity contribution < 1.29 is 0 Å². The Morgan fingerprint density at radius 2 is 1.95 bits per heavy atom. The third-order valence-electron chi connectivity index (χ3n) is 4.35. The number of halogens is 1. The average Bonchev–Trinajstić information content (AvgIpc) is 2.76. The summed E-state index contributed by atoms with van der Waals surface area (Å²) in [6, 6.07) is 0.245. The molecular weight excluding hydrogens is 304 g/mol. The molecule has 1 unspecified atom stereocenters. The van der Waals surface area contributed by atoms with Crippen molar-refractivity contribution >= 4 is 15.9 Å². The van der Waals surface area contributed by atoms with Gasteiger partial charge in [-0.05, 0) is 56.8 Å². The van der Waals surface area contributed by atoms with Crippen LogP contribution in [0, 0.1) is 0 Å². The SMILES string of the molecule is CCn1ncc(Br)c1C(NC)C(CC)(CC)N(C)C. The summed E-state index contributed by atoms with van der Waals surface area (Å²) in [5.74, 6) is 0. The van der Waals surface area contributed by atoms with E-state index in [0.29, 0.717) is 0 Å². The van der Waals surface area contributed by atoms with Gasteiger partial charge in [-0.2, -0.15) is 5.10 Å². The van der Waals surface area contributed by atoms with Crippen LogP contribution in [0.3, 0.4) is 0 Å². The Kier molecular flexibility index (Phi) is 6.02. The third kappa shape index (κ3) is 2.88. The highest BCUT2D eigenvalue weighted by Crippen LogP contribution is 2.38. The van der Waals surface area contributed by atoms with Gasteiger partial charge in [-0.15, -0.1) is 0 Å². The predicted molar refractivity (Wildman–Crippen MR) is 84.4 cm³/mol.